The molecule has 0 N–H and O–H groups in total. The van der Waals surface area contributed by atoms with Crippen molar-refractivity contribution >= 4 is 0 Å². The molecule has 0 aliphatic carbocycles. The van der Waals surface area contributed by atoms with Gasteiger partial charge in [0.15, 0.2) is 0 Å². The maximum atomic E-state index is 5.48. The van der Waals surface area contributed by atoms with Crippen LogP contribution in [0.2, 0.25) is 0 Å². The highest BCUT2D eigenvalue weighted by molar-refractivity contribution is 5.68. The second-order valence-electron chi connectivity index (χ2n) is 7.69. The van der Waals surface area contributed by atoms with E-state index in [1.54, 1.807) is 0 Å². The van der Waals surface area contributed by atoms with Crippen molar-refractivity contribution in [3.05, 3.63) is 84.4 Å². The quantitative estimate of drug-likeness (QED) is 0.429. The highest BCUT2D eigenvalue weighted by Gasteiger charge is 2.15. The highest BCUT2D eigenvalue weighted by Crippen LogP contribution is 2.28. The van der Waals surface area contributed by atoms with Crippen LogP contribution in [0.25, 0.3) is 34.0 Å². The molecule has 0 radical (unpaired) electrons. The number of hydrogen-bond donors (Lipinski definition) is 0. The molecule has 0 unspecified atom stereocenters. The van der Waals surface area contributed by atoms with E-state index >= 15 is 0 Å². The number of nitrogens with zero attached hydrogens (tertiary/aromatic N) is 2. The van der Waals surface area contributed by atoms with Gasteiger partial charge in [-0.15, -0.1) is 0 Å². The molecule has 4 rings (SSSR count). The molecule has 3 aromatic carbocycles. The Kier molecular flexibility index (Phi) is 4.36. The van der Waals surface area contributed by atoms with Gasteiger partial charge in [-0.05, 0) is 34.2 Å². The molecular formula is C24H22N2O. The van der Waals surface area contributed by atoms with Crippen LogP contribution >= 0.6 is 0 Å². The summed E-state index contributed by atoms with van der Waals surface area (Å²) in [6.45, 7) is 6.60. The molecular weight excluding hydrogens is 332 g/mol. The van der Waals surface area contributed by atoms with Crippen molar-refractivity contribution in [2.45, 2.75) is 26.2 Å². The van der Waals surface area contributed by atoms with Gasteiger partial charge in [-0.25, -0.2) is 0 Å². The van der Waals surface area contributed by atoms with Crippen LogP contribution in [0.4, 0.5) is 0 Å². The van der Waals surface area contributed by atoms with E-state index in [4.69, 9.17) is 4.52 Å². The monoisotopic (exact) mass is 354 g/mol. The van der Waals surface area contributed by atoms with Crippen molar-refractivity contribution in [2.24, 2.45) is 0 Å². The molecule has 27 heavy (non-hydrogen) atoms. The van der Waals surface area contributed by atoms with Crippen LogP contribution in [0.5, 0.6) is 0 Å². The number of rotatable bonds is 3. The minimum Gasteiger partial charge on any atom is -0.334 e. The Labute approximate surface area is 159 Å². The smallest absolute Gasteiger partial charge is 0.258 e. The van der Waals surface area contributed by atoms with Crippen molar-refractivity contribution in [3.8, 4) is 34.0 Å². The van der Waals surface area contributed by atoms with Gasteiger partial charge in [-0.3, -0.25) is 0 Å². The molecule has 1 heterocycles. The third-order valence-corrected chi connectivity index (χ3v) is 4.67. The predicted molar refractivity (Wildman–Crippen MR) is 109 cm³/mol. The summed E-state index contributed by atoms with van der Waals surface area (Å²) in [6.07, 6.45) is 0. The minimum absolute atomic E-state index is 0.124. The molecule has 0 aliphatic rings. The number of hydrogen-bond acceptors (Lipinski definition) is 3. The molecule has 3 heteroatoms. The zero-order valence-corrected chi connectivity index (χ0v) is 15.8. The van der Waals surface area contributed by atoms with Crippen molar-refractivity contribution in [3.63, 3.8) is 0 Å². The lowest BCUT2D eigenvalue weighted by Crippen LogP contribution is -2.10. The number of aromatic nitrogens is 2. The Balaban J connectivity index is 1.57. The molecule has 0 atom stereocenters. The van der Waals surface area contributed by atoms with Crippen LogP contribution in [0.1, 0.15) is 26.3 Å². The summed E-state index contributed by atoms with van der Waals surface area (Å²) in [5.74, 6) is 1.14. The Morgan fingerprint density at radius 2 is 1.19 bits per heavy atom. The molecule has 0 aliphatic heterocycles. The van der Waals surface area contributed by atoms with Crippen LogP contribution in [0, 0.1) is 0 Å². The van der Waals surface area contributed by atoms with Crippen LogP contribution in [-0.4, -0.2) is 10.1 Å². The molecule has 4 aromatic rings. The zero-order chi connectivity index (χ0) is 18.9. The molecule has 1 aromatic heterocycles. The minimum atomic E-state index is 0.124. The van der Waals surface area contributed by atoms with Gasteiger partial charge in [-0.1, -0.05) is 92.7 Å². The highest BCUT2D eigenvalue weighted by atomic mass is 16.5. The van der Waals surface area contributed by atoms with Gasteiger partial charge in [0.25, 0.3) is 5.89 Å². The van der Waals surface area contributed by atoms with E-state index in [1.165, 1.54) is 16.7 Å². The average molecular weight is 354 g/mol. The Hall–Kier alpha value is -3.20. The summed E-state index contributed by atoms with van der Waals surface area (Å²) in [6, 6.07) is 26.8. The van der Waals surface area contributed by atoms with E-state index in [1.807, 2.05) is 42.5 Å². The summed E-state index contributed by atoms with van der Waals surface area (Å²) in [7, 11) is 0. The Morgan fingerprint density at radius 1 is 0.630 bits per heavy atom. The summed E-state index contributed by atoms with van der Waals surface area (Å²) >= 11 is 0. The molecule has 0 saturated carbocycles. The van der Waals surface area contributed by atoms with Gasteiger partial charge in [0.1, 0.15) is 0 Å². The first-order valence-corrected chi connectivity index (χ1v) is 9.11. The second kappa shape index (κ2) is 6.84. The van der Waals surface area contributed by atoms with E-state index in [-0.39, 0.29) is 5.41 Å². The van der Waals surface area contributed by atoms with Gasteiger partial charge >= 0.3 is 0 Å². The summed E-state index contributed by atoms with van der Waals surface area (Å²) in [5.41, 5.74) is 5.64. The van der Waals surface area contributed by atoms with Gasteiger partial charge in [0.05, 0.1) is 0 Å². The van der Waals surface area contributed by atoms with Crippen LogP contribution in [0.3, 0.4) is 0 Å². The standard InChI is InChI=1S/C24H22N2O/c1-24(2,3)21-15-13-20(14-16-21)23-25-22(26-27-23)19-11-9-18(10-12-19)17-7-5-4-6-8-17/h4-16H,1-3H3. The third kappa shape index (κ3) is 3.68. The third-order valence-electron chi connectivity index (χ3n) is 4.67. The number of benzene rings is 3. The van der Waals surface area contributed by atoms with E-state index in [0.717, 1.165) is 11.1 Å². The average Bonchev–Trinajstić information content (AvgIpc) is 3.18. The fourth-order valence-corrected chi connectivity index (χ4v) is 3.01. The molecule has 0 spiro atoms. The first kappa shape index (κ1) is 17.2. The van der Waals surface area contributed by atoms with Crippen molar-refractivity contribution in [2.75, 3.05) is 0 Å². The van der Waals surface area contributed by atoms with E-state index < -0.39 is 0 Å². The molecule has 134 valence electrons. The first-order valence-electron chi connectivity index (χ1n) is 9.11. The molecule has 0 bridgehead atoms. The lowest BCUT2D eigenvalue weighted by molar-refractivity contribution is 0.432. The maximum absolute atomic E-state index is 5.48. The van der Waals surface area contributed by atoms with Crippen molar-refractivity contribution < 1.29 is 4.52 Å². The van der Waals surface area contributed by atoms with Gasteiger partial charge in [-0.2, -0.15) is 4.98 Å². The lowest BCUT2D eigenvalue weighted by atomic mass is 9.87. The molecule has 0 amide bonds. The largest absolute Gasteiger partial charge is 0.334 e. The summed E-state index contributed by atoms with van der Waals surface area (Å²) < 4.78 is 5.48. The normalized spacial score (nSPS) is 11.5. The van der Waals surface area contributed by atoms with Gasteiger partial charge < -0.3 is 4.52 Å². The molecule has 0 saturated heterocycles. The van der Waals surface area contributed by atoms with Crippen molar-refractivity contribution in [1.82, 2.24) is 10.1 Å². The first-order chi connectivity index (χ1) is 13.0. The molecule has 0 fully saturated rings. The van der Waals surface area contributed by atoms with E-state index in [0.29, 0.717) is 11.7 Å². The van der Waals surface area contributed by atoms with Crippen LogP contribution in [0.15, 0.2) is 83.4 Å². The fraction of sp³-hybridized carbons (Fsp3) is 0.167. The van der Waals surface area contributed by atoms with Crippen LogP contribution in [-0.2, 0) is 5.41 Å². The SMILES string of the molecule is CC(C)(C)c1ccc(-c2nc(-c3ccc(-c4ccccc4)cc3)no2)cc1. The Morgan fingerprint density at radius 3 is 1.81 bits per heavy atom. The molecule has 3 nitrogen and oxygen atoms in total. The predicted octanol–water partition coefficient (Wildman–Crippen LogP) is 6.37. The summed E-state index contributed by atoms with van der Waals surface area (Å²) in [4.78, 5) is 4.57. The van der Waals surface area contributed by atoms with E-state index in [9.17, 15) is 0 Å². The van der Waals surface area contributed by atoms with Gasteiger partial charge in [0.2, 0.25) is 5.82 Å². The van der Waals surface area contributed by atoms with Gasteiger partial charge in [0, 0.05) is 11.1 Å². The zero-order valence-electron chi connectivity index (χ0n) is 15.8. The van der Waals surface area contributed by atoms with Crippen LogP contribution < -0.4 is 0 Å². The maximum Gasteiger partial charge on any atom is 0.258 e. The summed E-state index contributed by atoms with van der Waals surface area (Å²) in [5, 5.41) is 4.15. The van der Waals surface area contributed by atoms with E-state index in [2.05, 4.69) is 67.3 Å². The lowest BCUT2D eigenvalue weighted by Gasteiger charge is -2.18. The fourth-order valence-electron chi connectivity index (χ4n) is 3.01. The van der Waals surface area contributed by atoms with Crippen molar-refractivity contribution in [1.29, 1.82) is 0 Å². The second-order valence-corrected chi connectivity index (χ2v) is 7.69. The Bertz CT molecular complexity index is 1020. The topological polar surface area (TPSA) is 38.9 Å².